The molecule has 0 amide bonds. The van der Waals surface area contributed by atoms with Gasteiger partial charge < -0.3 is 15.0 Å². The average molecular weight is 209 g/mol. The zero-order valence-electron chi connectivity index (χ0n) is 8.75. The van der Waals surface area contributed by atoms with Crippen LogP contribution < -0.4 is 15.6 Å². The van der Waals surface area contributed by atoms with Crippen LogP contribution in [0, 0.1) is 6.92 Å². The van der Waals surface area contributed by atoms with Crippen LogP contribution in [-0.2, 0) is 0 Å². The number of nitrogens with zero attached hydrogens (tertiary/aromatic N) is 1. The predicted molar refractivity (Wildman–Crippen MR) is 56.1 cm³/mol. The highest BCUT2D eigenvalue weighted by Crippen LogP contribution is 2.08. The number of rotatable bonds is 3. The van der Waals surface area contributed by atoms with E-state index in [1.807, 2.05) is 0 Å². The summed E-state index contributed by atoms with van der Waals surface area (Å²) in [5.74, 6) is 0.988. The lowest BCUT2D eigenvalue weighted by atomic mass is 10.2. The van der Waals surface area contributed by atoms with E-state index in [4.69, 9.17) is 4.74 Å². The summed E-state index contributed by atoms with van der Waals surface area (Å²) in [5, 5.41) is 3.32. The van der Waals surface area contributed by atoms with Crippen molar-refractivity contribution in [2.45, 2.75) is 25.8 Å². The minimum absolute atomic E-state index is 0.170. The van der Waals surface area contributed by atoms with Crippen molar-refractivity contribution in [3.05, 3.63) is 22.2 Å². The minimum Gasteiger partial charge on any atom is -0.476 e. The number of hydrogen-bond acceptors (Lipinski definition) is 4. The van der Waals surface area contributed by atoms with Gasteiger partial charge in [0, 0.05) is 6.04 Å². The van der Waals surface area contributed by atoms with Crippen LogP contribution in [0.1, 0.15) is 18.7 Å². The Kier molecular flexibility index (Phi) is 3.01. The molecule has 1 unspecified atom stereocenters. The van der Waals surface area contributed by atoms with Crippen molar-refractivity contribution in [2.75, 3.05) is 13.2 Å². The van der Waals surface area contributed by atoms with Crippen LogP contribution in [-0.4, -0.2) is 29.2 Å². The standard InChI is InChI=1S/C10H15N3O2/c1-7-12-9(14)5-10(13-7)15-6-8-3-2-4-11-8/h5,8,11H,2-4,6H2,1H3,(H,12,13,14). The predicted octanol–water partition coefficient (Wildman–Crippen LogP) is 0.209. The van der Waals surface area contributed by atoms with Crippen LogP contribution >= 0.6 is 0 Å². The van der Waals surface area contributed by atoms with E-state index in [0.717, 1.165) is 13.0 Å². The fourth-order valence-electron chi connectivity index (χ4n) is 1.71. The summed E-state index contributed by atoms with van der Waals surface area (Å²) < 4.78 is 5.46. The minimum atomic E-state index is -0.170. The molecule has 0 aromatic carbocycles. The molecular weight excluding hydrogens is 194 g/mol. The highest BCUT2D eigenvalue weighted by atomic mass is 16.5. The van der Waals surface area contributed by atoms with Crippen molar-refractivity contribution in [2.24, 2.45) is 0 Å². The number of ether oxygens (including phenoxy) is 1. The Labute approximate surface area is 87.9 Å². The van der Waals surface area contributed by atoms with Crippen molar-refractivity contribution in [1.29, 1.82) is 0 Å². The van der Waals surface area contributed by atoms with E-state index in [1.165, 1.54) is 12.5 Å². The molecule has 5 heteroatoms. The second-order valence-corrected chi connectivity index (χ2v) is 3.77. The Hall–Kier alpha value is -1.36. The summed E-state index contributed by atoms with van der Waals surface area (Å²) in [6.45, 7) is 3.37. The van der Waals surface area contributed by atoms with Gasteiger partial charge in [0.05, 0.1) is 6.07 Å². The van der Waals surface area contributed by atoms with Crippen molar-refractivity contribution >= 4 is 0 Å². The normalized spacial score (nSPS) is 20.5. The van der Waals surface area contributed by atoms with Crippen LogP contribution in [0.15, 0.2) is 10.9 Å². The summed E-state index contributed by atoms with van der Waals surface area (Å²) in [7, 11) is 0. The Morgan fingerprint density at radius 2 is 2.53 bits per heavy atom. The third-order valence-electron chi connectivity index (χ3n) is 2.43. The van der Waals surface area contributed by atoms with Gasteiger partial charge in [-0.1, -0.05) is 0 Å². The lowest BCUT2D eigenvalue weighted by Gasteiger charge is -2.11. The molecule has 1 atom stereocenters. The maximum absolute atomic E-state index is 11.1. The first-order valence-electron chi connectivity index (χ1n) is 5.18. The Bertz CT molecular complexity index is 382. The molecule has 15 heavy (non-hydrogen) atoms. The van der Waals surface area contributed by atoms with Gasteiger partial charge in [0.1, 0.15) is 12.4 Å². The van der Waals surface area contributed by atoms with Crippen molar-refractivity contribution < 1.29 is 4.74 Å². The molecular formula is C10H15N3O2. The van der Waals surface area contributed by atoms with E-state index in [1.54, 1.807) is 6.92 Å². The summed E-state index contributed by atoms with van der Waals surface area (Å²) in [4.78, 5) is 17.8. The second-order valence-electron chi connectivity index (χ2n) is 3.77. The summed E-state index contributed by atoms with van der Waals surface area (Å²) >= 11 is 0. The number of aromatic amines is 1. The van der Waals surface area contributed by atoms with Gasteiger partial charge in [0.2, 0.25) is 5.88 Å². The number of hydrogen-bond donors (Lipinski definition) is 2. The highest BCUT2D eigenvalue weighted by Gasteiger charge is 2.14. The Balaban J connectivity index is 1.95. The fourth-order valence-corrected chi connectivity index (χ4v) is 1.71. The molecule has 1 aromatic rings. The van der Waals surface area contributed by atoms with Gasteiger partial charge in [-0.2, -0.15) is 0 Å². The highest BCUT2D eigenvalue weighted by molar-refractivity contribution is 5.08. The summed E-state index contributed by atoms with van der Waals surface area (Å²) in [6.07, 6.45) is 2.32. The molecule has 1 aliphatic rings. The van der Waals surface area contributed by atoms with E-state index in [0.29, 0.717) is 24.4 Å². The molecule has 0 aliphatic carbocycles. The molecule has 5 nitrogen and oxygen atoms in total. The summed E-state index contributed by atoms with van der Waals surface area (Å²) in [6, 6.07) is 1.77. The lowest BCUT2D eigenvalue weighted by molar-refractivity contribution is 0.266. The molecule has 0 saturated carbocycles. The largest absolute Gasteiger partial charge is 0.476 e. The topological polar surface area (TPSA) is 67.0 Å². The van der Waals surface area contributed by atoms with E-state index in [9.17, 15) is 4.79 Å². The van der Waals surface area contributed by atoms with Crippen molar-refractivity contribution in [1.82, 2.24) is 15.3 Å². The van der Waals surface area contributed by atoms with Gasteiger partial charge >= 0.3 is 0 Å². The first kappa shape index (κ1) is 10.2. The van der Waals surface area contributed by atoms with Crippen molar-refractivity contribution in [3.8, 4) is 5.88 Å². The molecule has 82 valence electrons. The smallest absolute Gasteiger partial charge is 0.254 e. The van der Waals surface area contributed by atoms with Crippen LogP contribution in [0.25, 0.3) is 0 Å². The van der Waals surface area contributed by atoms with E-state index >= 15 is 0 Å². The molecule has 2 rings (SSSR count). The third kappa shape index (κ3) is 2.79. The average Bonchev–Trinajstić information content (AvgIpc) is 2.65. The van der Waals surface area contributed by atoms with E-state index in [2.05, 4.69) is 15.3 Å². The van der Waals surface area contributed by atoms with Crippen molar-refractivity contribution in [3.63, 3.8) is 0 Å². The quantitative estimate of drug-likeness (QED) is 0.746. The zero-order valence-corrected chi connectivity index (χ0v) is 8.75. The lowest BCUT2D eigenvalue weighted by Crippen LogP contribution is -2.28. The molecule has 2 N–H and O–H groups in total. The van der Waals surface area contributed by atoms with Gasteiger partial charge in [-0.05, 0) is 26.3 Å². The van der Waals surface area contributed by atoms with Gasteiger partial charge in [0.15, 0.2) is 0 Å². The van der Waals surface area contributed by atoms with Crippen LogP contribution in [0.2, 0.25) is 0 Å². The number of H-pyrrole nitrogens is 1. The van der Waals surface area contributed by atoms with Gasteiger partial charge in [-0.3, -0.25) is 4.79 Å². The van der Waals surface area contributed by atoms with Crippen LogP contribution in [0.4, 0.5) is 0 Å². The summed E-state index contributed by atoms with van der Waals surface area (Å²) in [5.41, 5.74) is -0.170. The fraction of sp³-hybridized carbons (Fsp3) is 0.600. The maximum atomic E-state index is 11.1. The molecule has 1 aromatic heterocycles. The molecule has 2 heterocycles. The number of aromatic nitrogens is 2. The second kappa shape index (κ2) is 4.44. The number of aryl methyl sites for hydroxylation is 1. The first-order chi connectivity index (χ1) is 7.24. The monoisotopic (exact) mass is 209 g/mol. The molecule has 0 bridgehead atoms. The van der Waals surface area contributed by atoms with Gasteiger partial charge in [-0.25, -0.2) is 4.98 Å². The van der Waals surface area contributed by atoms with Gasteiger partial charge in [-0.15, -0.1) is 0 Å². The number of nitrogens with one attached hydrogen (secondary N) is 2. The Morgan fingerprint density at radius 1 is 1.67 bits per heavy atom. The van der Waals surface area contributed by atoms with Crippen LogP contribution in [0.5, 0.6) is 5.88 Å². The maximum Gasteiger partial charge on any atom is 0.254 e. The molecule has 1 saturated heterocycles. The first-order valence-corrected chi connectivity index (χ1v) is 5.18. The SMILES string of the molecule is Cc1nc(OCC2CCCN2)cc(=O)[nH]1. The molecule has 0 radical (unpaired) electrons. The zero-order chi connectivity index (χ0) is 10.7. The third-order valence-corrected chi connectivity index (χ3v) is 2.43. The molecule has 1 fully saturated rings. The molecule has 0 spiro atoms. The van der Waals surface area contributed by atoms with E-state index < -0.39 is 0 Å². The van der Waals surface area contributed by atoms with E-state index in [-0.39, 0.29) is 5.56 Å². The molecule has 1 aliphatic heterocycles. The van der Waals surface area contributed by atoms with Gasteiger partial charge in [0.25, 0.3) is 5.56 Å². The van der Waals surface area contributed by atoms with Crippen LogP contribution in [0.3, 0.4) is 0 Å². The Morgan fingerprint density at radius 3 is 3.20 bits per heavy atom.